The fourth-order valence-electron chi connectivity index (χ4n) is 3.24. The van der Waals surface area contributed by atoms with Crippen molar-refractivity contribution >= 4 is 5.91 Å². The van der Waals surface area contributed by atoms with Gasteiger partial charge in [0.15, 0.2) is 5.79 Å². The number of hydrogen-bond donors (Lipinski definition) is 1. The minimum Gasteiger partial charge on any atom is -0.494 e. The molecule has 1 aromatic rings. The van der Waals surface area contributed by atoms with Gasteiger partial charge in [-0.2, -0.15) is 0 Å². The zero-order chi connectivity index (χ0) is 16.8. The van der Waals surface area contributed by atoms with E-state index in [0.717, 1.165) is 44.3 Å². The fourth-order valence-corrected chi connectivity index (χ4v) is 3.24. The normalized spacial score (nSPS) is 22.0. The van der Waals surface area contributed by atoms with Crippen LogP contribution in [0.4, 0.5) is 0 Å². The van der Waals surface area contributed by atoms with Crippen LogP contribution in [-0.4, -0.2) is 37.6 Å². The van der Waals surface area contributed by atoms with Crippen molar-refractivity contribution < 1.29 is 19.0 Å². The highest BCUT2D eigenvalue weighted by Crippen LogP contribution is 2.38. The maximum absolute atomic E-state index is 12.2. The summed E-state index contributed by atoms with van der Waals surface area (Å²) in [6.45, 7) is 3.88. The van der Waals surface area contributed by atoms with Crippen LogP contribution in [0.5, 0.6) is 5.75 Å². The van der Waals surface area contributed by atoms with Crippen LogP contribution < -0.4 is 10.1 Å². The quantitative estimate of drug-likeness (QED) is 0.778. The van der Waals surface area contributed by atoms with E-state index in [-0.39, 0.29) is 17.8 Å². The molecule has 132 valence electrons. The van der Waals surface area contributed by atoms with Gasteiger partial charge in [0.2, 0.25) is 0 Å². The molecule has 1 atom stereocenters. The summed E-state index contributed by atoms with van der Waals surface area (Å²) >= 11 is 0. The number of unbranched alkanes of at least 4 members (excludes halogenated alkanes) is 1. The number of hydrogen-bond acceptors (Lipinski definition) is 4. The molecule has 2 aliphatic rings. The molecule has 1 amide bonds. The maximum Gasteiger partial charge on any atom is 0.251 e. The lowest BCUT2D eigenvalue weighted by Crippen LogP contribution is -2.35. The Kier molecular flexibility index (Phi) is 5.74. The number of nitrogens with one attached hydrogen (secondary N) is 1. The minimum atomic E-state index is -0.368. The zero-order valence-electron chi connectivity index (χ0n) is 14.4. The first kappa shape index (κ1) is 17.2. The molecule has 5 heteroatoms. The summed E-state index contributed by atoms with van der Waals surface area (Å²) in [4.78, 5) is 12.2. The molecule has 1 aromatic carbocycles. The third kappa shape index (κ3) is 4.28. The van der Waals surface area contributed by atoms with Crippen molar-refractivity contribution in [3.63, 3.8) is 0 Å². The number of ether oxygens (including phenoxy) is 3. The van der Waals surface area contributed by atoms with Crippen LogP contribution in [0, 0.1) is 0 Å². The molecule has 1 saturated heterocycles. The SMILES string of the molecule is CCCCOc1ccc(C(=O)NC[C@@H]2COC3(CCCC3)O2)cc1. The average molecular weight is 333 g/mol. The van der Waals surface area contributed by atoms with Gasteiger partial charge in [-0.25, -0.2) is 0 Å². The second-order valence-corrected chi connectivity index (χ2v) is 6.61. The van der Waals surface area contributed by atoms with Gasteiger partial charge in [0.05, 0.1) is 13.2 Å². The van der Waals surface area contributed by atoms with Crippen LogP contribution >= 0.6 is 0 Å². The Labute approximate surface area is 143 Å². The third-order valence-corrected chi connectivity index (χ3v) is 4.65. The molecule has 1 N–H and O–H groups in total. The molecule has 0 aromatic heterocycles. The van der Waals surface area contributed by atoms with E-state index in [0.29, 0.717) is 25.3 Å². The van der Waals surface area contributed by atoms with Crippen molar-refractivity contribution in [3.05, 3.63) is 29.8 Å². The van der Waals surface area contributed by atoms with E-state index < -0.39 is 0 Å². The monoisotopic (exact) mass is 333 g/mol. The molecule has 5 nitrogen and oxygen atoms in total. The van der Waals surface area contributed by atoms with Crippen LogP contribution in [-0.2, 0) is 9.47 Å². The zero-order valence-corrected chi connectivity index (χ0v) is 14.4. The molecule has 1 aliphatic carbocycles. The Morgan fingerprint density at radius 3 is 2.75 bits per heavy atom. The molecule has 1 saturated carbocycles. The molecule has 3 rings (SSSR count). The van der Waals surface area contributed by atoms with E-state index in [1.165, 1.54) is 0 Å². The molecule has 24 heavy (non-hydrogen) atoms. The molecule has 1 heterocycles. The third-order valence-electron chi connectivity index (χ3n) is 4.65. The molecule has 2 fully saturated rings. The minimum absolute atomic E-state index is 0.0521. The van der Waals surface area contributed by atoms with Gasteiger partial charge in [-0.05, 0) is 43.5 Å². The van der Waals surface area contributed by atoms with Crippen LogP contribution in [0.15, 0.2) is 24.3 Å². The molecule has 0 unspecified atom stereocenters. The van der Waals surface area contributed by atoms with Crippen molar-refractivity contribution in [2.45, 2.75) is 57.3 Å². The first-order valence-corrected chi connectivity index (χ1v) is 9.04. The second-order valence-electron chi connectivity index (χ2n) is 6.61. The predicted octanol–water partition coefficient (Wildman–Crippen LogP) is 3.28. The Morgan fingerprint density at radius 1 is 1.29 bits per heavy atom. The molecule has 0 bridgehead atoms. The Balaban J connectivity index is 1.43. The second kappa shape index (κ2) is 7.99. The first-order valence-electron chi connectivity index (χ1n) is 9.04. The van der Waals surface area contributed by atoms with E-state index in [2.05, 4.69) is 12.2 Å². The standard InChI is InChI=1S/C19H27NO4/c1-2-3-12-22-16-8-6-15(7-9-16)18(21)20-13-17-14-23-19(24-17)10-4-5-11-19/h6-9,17H,2-5,10-14H2,1H3,(H,20,21)/t17-/m1/s1. The van der Waals surface area contributed by atoms with Gasteiger partial charge in [0, 0.05) is 24.9 Å². The summed E-state index contributed by atoms with van der Waals surface area (Å²) in [6, 6.07) is 7.27. The van der Waals surface area contributed by atoms with E-state index >= 15 is 0 Å². The van der Waals surface area contributed by atoms with Crippen LogP contribution in [0.2, 0.25) is 0 Å². The van der Waals surface area contributed by atoms with E-state index in [4.69, 9.17) is 14.2 Å². The van der Waals surface area contributed by atoms with Gasteiger partial charge in [-0.15, -0.1) is 0 Å². The Hall–Kier alpha value is -1.59. The summed E-state index contributed by atoms with van der Waals surface area (Å²) in [5.74, 6) is 0.342. The number of rotatable bonds is 7. The van der Waals surface area contributed by atoms with Gasteiger partial charge in [0.25, 0.3) is 5.91 Å². The van der Waals surface area contributed by atoms with E-state index in [1.54, 1.807) is 12.1 Å². The van der Waals surface area contributed by atoms with Gasteiger partial charge >= 0.3 is 0 Å². The number of amides is 1. The lowest BCUT2D eigenvalue weighted by atomic mass is 10.2. The van der Waals surface area contributed by atoms with E-state index in [9.17, 15) is 4.79 Å². The largest absolute Gasteiger partial charge is 0.494 e. The molecular formula is C19H27NO4. The number of benzene rings is 1. The maximum atomic E-state index is 12.2. The van der Waals surface area contributed by atoms with Gasteiger partial charge in [0.1, 0.15) is 11.9 Å². The number of carbonyl (C=O) groups excluding carboxylic acids is 1. The average Bonchev–Trinajstić information content (AvgIpc) is 3.23. The first-order chi connectivity index (χ1) is 11.7. The predicted molar refractivity (Wildman–Crippen MR) is 91.2 cm³/mol. The van der Waals surface area contributed by atoms with Crippen molar-refractivity contribution in [3.8, 4) is 5.75 Å². The highest BCUT2D eigenvalue weighted by molar-refractivity contribution is 5.94. The summed E-state index contributed by atoms with van der Waals surface area (Å²) in [7, 11) is 0. The summed E-state index contributed by atoms with van der Waals surface area (Å²) in [6.07, 6.45) is 6.34. The van der Waals surface area contributed by atoms with E-state index in [1.807, 2.05) is 12.1 Å². The fraction of sp³-hybridized carbons (Fsp3) is 0.632. The lowest BCUT2D eigenvalue weighted by Gasteiger charge is -2.21. The Morgan fingerprint density at radius 2 is 2.04 bits per heavy atom. The van der Waals surface area contributed by atoms with Crippen molar-refractivity contribution in [2.75, 3.05) is 19.8 Å². The van der Waals surface area contributed by atoms with Crippen molar-refractivity contribution in [1.82, 2.24) is 5.32 Å². The summed E-state index contributed by atoms with van der Waals surface area (Å²) in [5, 5.41) is 2.93. The molecule has 0 radical (unpaired) electrons. The smallest absolute Gasteiger partial charge is 0.251 e. The topological polar surface area (TPSA) is 56.8 Å². The lowest BCUT2D eigenvalue weighted by molar-refractivity contribution is -0.161. The summed E-state index contributed by atoms with van der Waals surface area (Å²) in [5.41, 5.74) is 0.632. The molecular weight excluding hydrogens is 306 g/mol. The Bertz CT molecular complexity index is 537. The highest BCUT2D eigenvalue weighted by atomic mass is 16.7. The van der Waals surface area contributed by atoms with Crippen molar-refractivity contribution in [2.24, 2.45) is 0 Å². The molecule has 1 spiro atoms. The molecule has 1 aliphatic heterocycles. The van der Waals surface area contributed by atoms with Gasteiger partial charge in [-0.1, -0.05) is 13.3 Å². The van der Waals surface area contributed by atoms with Crippen LogP contribution in [0.25, 0.3) is 0 Å². The van der Waals surface area contributed by atoms with Gasteiger partial charge in [-0.3, -0.25) is 4.79 Å². The van der Waals surface area contributed by atoms with Crippen molar-refractivity contribution in [1.29, 1.82) is 0 Å². The van der Waals surface area contributed by atoms with Crippen LogP contribution in [0.1, 0.15) is 55.8 Å². The van der Waals surface area contributed by atoms with Crippen LogP contribution in [0.3, 0.4) is 0 Å². The van der Waals surface area contributed by atoms with Gasteiger partial charge < -0.3 is 19.5 Å². The summed E-state index contributed by atoms with van der Waals surface area (Å²) < 4.78 is 17.4. The highest BCUT2D eigenvalue weighted by Gasteiger charge is 2.43. The number of carbonyl (C=O) groups is 1.